The van der Waals surface area contributed by atoms with Crippen LogP contribution in [0.5, 0.6) is 0 Å². The van der Waals surface area contributed by atoms with E-state index in [0.29, 0.717) is 0 Å². The van der Waals surface area contributed by atoms with E-state index < -0.39 is 0 Å². The normalized spacial score (nSPS) is 19.3. The highest BCUT2D eigenvalue weighted by atomic mass is 14.3. The summed E-state index contributed by atoms with van der Waals surface area (Å²) < 4.78 is 0. The molecule has 0 radical (unpaired) electrons. The third kappa shape index (κ3) is 1.57. The fourth-order valence-corrected chi connectivity index (χ4v) is 1.05. The first kappa shape index (κ1) is 6.35. The van der Waals surface area contributed by atoms with E-state index in [9.17, 15) is 0 Å². The van der Waals surface area contributed by atoms with Crippen molar-refractivity contribution in [2.45, 2.75) is 26.2 Å². The molecule has 0 N–H and O–H groups in total. The maximum Gasteiger partial charge on any atom is 0.0911 e. The largest absolute Gasteiger partial charge is 0.193 e. The van der Waals surface area contributed by atoms with E-state index in [1.54, 1.807) is 6.08 Å². The molecule has 1 saturated carbocycles. The molecule has 1 nitrogen and oxygen atoms in total. The number of allylic oxidation sites excluding steroid dienone is 2. The minimum absolute atomic E-state index is 0.773. The second kappa shape index (κ2) is 2.68. The lowest BCUT2D eigenvalue weighted by Gasteiger charge is -1.94. The molecular formula is C8H11N. The van der Waals surface area contributed by atoms with E-state index in [0.717, 1.165) is 12.3 Å². The first-order valence-corrected chi connectivity index (χ1v) is 3.47. The SMILES string of the molecule is CCC(=CC#N)C1CC1. The van der Waals surface area contributed by atoms with E-state index in [4.69, 9.17) is 5.26 Å². The molecule has 0 spiro atoms. The molecule has 48 valence electrons. The molecule has 1 fully saturated rings. The molecular weight excluding hydrogens is 110 g/mol. The Morgan fingerprint density at radius 3 is 2.78 bits per heavy atom. The van der Waals surface area contributed by atoms with Gasteiger partial charge in [-0.25, -0.2) is 0 Å². The summed E-state index contributed by atoms with van der Waals surface area (Å²) in [6, 6.07) is 2.08. The number of nitrogens with zero attached hydrogens (tertiary/aromatic N) is 1. The van der Waals surface area contributed by atoms with Gasteiger partial charge in [0.05, 0.1) is 6.07 Å². The predicted molar refractivity (Wildman–Crippen MR) is 36.7 cm³/mol. The quantitative estimate of drug-likeness (QED) is 0.514. The highest BCUT2D eigenvalue weighted by Crippen LogP contribution is 2.37. The minimum atomic E-state index is 0.773. The summed E-state index contributed by atoms with van der Waals surface area (Å²) in [4.78, 5) is 0. The van der Waals surface area contributed by atoms with Crippen molar-refractivity contribution in [3.05, 3.63) is 11.6 Å². The van der Waals surface area contributed by atoms with E-state index in [2.05, 4.69) is 13.0 Å². The Morgan fingerprint density at radius 2 is 2.44 bits per heavy atom. The van der Waals surface area contributed by atoms with Crippen molar-refractivity contribution < 1.29 is 0 Å². The van der Waals surface area contributed by atoms with Crippen LogP contribution in [0.4, 0.5) is 0 Å². The third-order valence-corrected chi connectivity index (χ3v) is 1.76. The van der Waals surface area contributed by atoms with Gasteiger partial charge in [0.15, 0.2) is 0 Å². The molecule has 1 aliphatic carbocycles. The maximum atomic E-state index is 8.32. The van der Waals surface area contributed by atoms with Crippen LogP contribution in [0.3, 0.4) is 0 Å². The lowest BCUT2D eigenvalue weighted by atomic mass is 10.1. The van der Waals surface area contributed by atoms with Gasteiger partial charge in [0.1, 0.15) is 0 Å². The topological polar surface area (TPSA) is 23.8 Å². The molecule has 0 amide bonds. The number of nitriles is 1. The number of hydrogen-bond donors (Lipinski definition) is 0. The van der Waals surface area contributed by atoms with Crippen LogP contribution < -0.4 is 0 Å². The van der Waals surface area contributed by atoms with Gasteiger partial charge in [-0.05, 0) is 25.2 Å². The van der Waals surface area contributed by atoms with Crippen LogP contribution in [0, 0.1) is 17.2 Å². The maximum absolute atomic E-state index is 8.32. The molecule has 1 heteroatoms. The zero-order valence-electron chi connectivity index (χ0n) is 5.72. The first-order chi connectivity index (χ1) is 4.38. The van der Waals surface area contributed by atoms with Crippen molar-refractivity contribution >= 4 is 0 Å². The lowest BCUT2D eigenvalue weighted by molar-refractivity contribution is 0.913. The van der Waals surface area contributed by atoms with E-state index in [1.807, 2.05) is 0 Å². The van der Waals surface area contributed by atoms with Gasteiger partial charge < -0.3 is 0 Å². The van der Waals surface area contributed by atoms with Crippen molar-refractivity contribution in [3.8, 4) is 6.07 Å². The van der Waals surface area contributed by atoms with Crippen LogP contribution >= 0.6 is 0 Å². The predicted octanol–water partition coefficient (Wildman–Crippen LogP) is 2.26. The molecule has 0 unspecified atom stereocenters. The smallest absolute Gasteiger partial charge is 0.0911 e. The Balaban J connectivity index is 2.49. The Bertz CT molecular complexity index is 158. The monoisotopic (exact) mass is 121 g/mol. The summed E-state index contributed by atoms with van der Waals surface area (Å²) in [6.07, 6.45) is 5.37. The zero-order chi connectivity index (χ0) is 6.69. The van der Waals surface area contributed by atoms with Gasteiger partial charge in [-0.1, -0.05) is 12.5 Å². The Morgan fingerprint density at radius 1 is 1.78 bits per heavy atom. The fourth-order valence-electron chi connectivity index (χ4n) is 1.05. The van der Waals surface area contributed by atoms with Crippen LogP contribution in [0.1, 0.15) is 26.2 Å². The van der Waals surface area contributed by atoms with E-state index in [-0.39, 0.29) is 0 Å². The van der Waals surface area contributed by atoms with Crippen LogP contribution in [-0.4, -0.2) is 0 Å². The minimum Gasteiger partial charge on any atom is -0.193 e. The summed E-state index contributed by atoms with van der Waals surface area (Å²) >= 11 is 0. The van der Waals surface area contributed by atoms with Crippen molar-refractivity contribution in [2.75, 3.05) is 0 Å². The van der Waals surface area contributed by atoms with Gasteiger partial charge in [0.2, 0.25) is 0 Å². The van der Waals surface area contributed by atoms with Crippen molar-refractivity contribution in [2.24, 2.45) is 5.92 Å². The molecule has 0 aromatic heterocycles. The van der Waals surface area contributed by atoms with Crippen LogP contribution in [0.15, 0.2) is 11.6 Å². The molecule has 0 atom stereocenters. The molecule has 1 rings (SSSR count). The Kier molecular flexibility index (Phi) is 1.89. The van der Waals surface area contributed by atoms with Crippen molar-refractivity contribution in [3.63, 3.8) is 0 Å². The number of hydrogen-bond acceptors (Lipinski definition) is 1. The third-order valence-electron chi connectivity index (χ3n) is 1.76. The van der Waals surface area contributed by atoms with Gasteiger partial charge in [0.25, 0.3) is 0 Å². The molecule has 9 heavy (non-hydrogen) atoms. The first-order valence-electron chi connectivity index (χ1n) is 3.47. The average Bonchev–Trinajstić information content (AvgIpc) is 2.64. The summed E-state index contributed by atoms with van der Waals surface area (Å²) in [5.41, 5.74) is 1.34. The second-order valence-electron chi connectivity index (χ2n) is 2.48. The van der Waals surface area contributed by atoms with Crippen molar-refractivity contribution in [1.82, 2.24) is 0 Å². The molecule has 0 aromatic carbocycles. The molecule has 0 aliphatic heterocycles. The van der Waals surface area contributed by atoms with Gasteiger partial charge in [-0.2, -0.15) is 5.26 Å². The number of rotatable bonds is 2. The second-order valence-corrected chi connectivity index (χ2v) is 2.48. The molecule has 0 heterocycles. The lowest BCUT2D eigenvalue weighted by Crippen LogP contribution is -1.80. The standard InChI is InChI=1S/C8H11N/c1-2-7(5-6-9)8-3-4-8/h5,8H,2-4H2,1H3. The van der Waals surface area contributed by atoms with Gasteiger partial charge in [-0.15, -0.1) is 0 Å². The fraction of sp³-hybridized carbons (Fsp3) is 0.625. The van der Waals surface area contributed by atoms with E-state index >= 15 is 0 Å². The summed E-state index contributed by atoms with van der Waals surface area (Å²) in [5, 5.41) is 8.32. The van der Waals surface area contributed by atoms with Crippen LogP contribution in [-0.2, 0) is 0 Å². The molecule has 1 aliphatic rings. The van der Waals surface area contributed by atoms with Crippen molar-refractivity contribution in [1.29, 1.82) is 5.26 Å². The zero-order valence-corrected chi connectivity index (χ0v) is 5.72. The molecule has 0 saturated heterocycles. The summed E-state index contributed by atoms with van der Waals surface area (Å²) in [7, 11) is 0. The van der Waals surface area contributed by atoms with Gasteiger partial charge in [-0.3, -0.25) is 0 Å². The highest BCUT2D eigenvalue weighted by Gasteiger charge is 2.24. The van der Waals surface area contributed by atoms with E-state index in [1.165, 1.54) is 18.4 Å². The molecule has 0 aromatic rings. The summed E-state index contributed by atoms with van der Waals surface area (Å²) in [6.45, 7) is 2.11. The van der Waals surface area contributed by atoms with Gasteiger partial charge in [0, 0.05) is 6.08 Å². The highest BCUT2D eigenvalue weighted by molar-refractivity contribution is 5.19. The van der Waals surface area contributed by atoms with Crippen LogP contribution in [0.2, 0.25) is 0 Å². The van der Waals surface area contributed by atoms with Gasteiger partial charge >= 0.3 is 0 Å². The Hall–Kier alpha value is -0.770. The average molecular weight is 121 g/mol. The molecule has 0 bridgehead atoms. The Labute approximate surface area is 56.0 Å². The summed E-state index contributed by atoms with van der Waals surface area (Å²) in [5.74, 6) is 0.773. The van der Waals surface area contributed by atoms with Crippen LogP contribution in [0.25, 0.3) is 0 Å².